The van der Waals surface area contributed by atoms with Crippen molar-refractivity contribution in [3.05, 3.63) is 0 Å². The van der Waals surface area contributed by atoms with Gasteiger partial charge in [-0.15, -0.1) is 0 Å². The fourth-order valence-corrected chi connectivity index (χ4v) is 2.48. The van der Waals surface area contributed by atoms with Gasteiger partial charge in [-0.1, -0.05) is 51.9 Å². The van der Waals surface area contributed by atoms with Gasteiger partial charge in [-0.2, -0.15) is 0 Å². The summed E-state index contributed by atoms with van der Waals surface area (Å²) >= 11 is 0. The standard InChI is InChI=1S/C17H36O3/c1-5-9-10-11-12-13-14-15-16-17(18-6-2,19-7-3)20-8-4/h5-16H2,1-4H3. The van der Waals surface area contributed by atoms with E-state index in [1.54, 1.807) is 0 Å². The fraction of sp³-hybridized carbons (Fsp3) is 1.00. The van der Waals surface area contributed by atoms with Gasteiger partial charge in [0.2, 0.25) is 0 Å². The van der Waals surface area contributed by atoms with Gasteiger partial charge in [0.25, 0.3) is 5.97 Å². The van der Waals surface area contributed by atoms with Crippen molar-refractivity contribution in [1.29, 1.82) is 0 Å². The van der Waals surface area contributed by atoms with Crippen molar-refractivity contribution in [3.8, 4) is 0 Å². The van der Waals surface area contributed by atoms with Crippen molar-refractivity contribution >= 4 is 0 Å². The van der Waals surface area contributed by atoms with E-state index in [2.05, 4.69) is 6.92 Å². The van der Waals surface area contributed by atoms with Crippen LogP contribution in [-0.2, 0) is 14.2 Å². The third-order valence-corrected chi connectivity index (χ3v) is 3.43. The smallest absolute Gasteiger partial charge is 0.282 e. The molecule has 0 aliphatic heterocycles. The van der Waals surface area contributed by atoms with Gasteiger partial charge >= 0.3 is 0 Å². The molecule has 0 atom stereocenters. The summed E-state index contributed by atoms with van der Waals surface area (Å²) in [6, 6.07) is 0. The van der Waals surface area contributed by atoms with Crippen LogP contribution in [0.5, 0.6) is 0 Å². The highest BCUT2D eigenvalue weighted by molar-refractivity contribution is 4.59. The Morgan fingerprint density at radius 1 is 0.550 bits per heavy atom. The van der Waals surface area contributed by atoms with E-state index in [-0.39, 0.29) is 0 Å². The average molecular weight is 288 g/mol. The van der Waals surface area contributed by atoms with Crippen molar-refractivity contribution in [2.45, 2.75) is 91.5 Å². The summed E-state index contributed by atoms with van der Waals surface area (Å²) in [6.07, 6.45) is 11.3. The molecular formula is C17H36O3. The summed E-state index contributed by atoms with van der Waals surface area (Å²) < 4.78 is 17.2. The predicted molar refractivity (Wildman–Crippen MR) is 84.8 cm³/mol. The minimum Gasteiger partial charge on any atom is -0.328 e. The molecule has 3 heteroatoms. The van der Waals surface area contributed by atoms with Crippen LogP contribution in [0, 0.1) is 0 Å². The van der Waals surface area contributed by atoms with Gasteiger partial charge < -0.3 is 14.2 Å². The maximum atomic E-state index is 5.73. The number of unbranched alkanes of at least 4 members (excludes halogenated alkanes) is 7. The third kappa shape index (κ3) is 9.73. The molecule has 0 aliphatic carbocycles. The molecule has 0 radical (unpaired) electrons. The minimum atomic E-state index is -0.805. The van der Waals surface area contributed by atoms with Gasteiger partial charge in [0, 0.05) is 26.2 Å². The number of ether oxygens (including phenoxy) is 3. The van der Waals surface area contributed by atoms with E-state index in [0.29, 0.717) is 19.8 Å². The van der Waals surface area contributed by atoms with Crippen LogP contribution in [0.1, 0.15) is 85.5 Å². The molecule has 0 spiro atoms. The average Bonchev–Trinajstić information content (AvgIpc) is 2.43. The van der Waals surface area contributed by atoms with Gasteiger partial charge in [-0.05, 0) is 27.2 Å². The second kappa shape index (κ2) is 13.8. The van der Waals surface area contributed by atoms with Crippen molar-refractivity contribution in [2.75, 3.05) is 19.8 Å². The van der Waals surface area contributed by atoms with Crippen molar-refractivity contribution in [1.82, 2.24) is 0 Å². The molecule has 0 bridgehead atoms. The quantitative estimate of drug-likeness (QED) is 0.303. The van der Waals surface area contributed by atoms with Gasteiger partial charge in [0.15, 0.2) is 0 Å². The normalized spacial score (nSPS) is 12.0. The van der Waals surface area contributed by atoms with Crippen LogP contribution in [0.15, 0.2) is 0 Å². The zero-order chi connectivity index (χ0) is 15.1. The Morgan fingerprint density at radius 3 is 1.35 bits per heavy atom. The first-order valence-electron chi connectivity index (χ1n) is 8.66. The summed E-state index contributed by atoms with van der Waals surface area (Å²) in [5.74, 6) is -0.805. The van der Waals surface area contributed by atoms with E-state index in [4.69, 9.17) is 14.2 Å². The Kier molecular flexibility index (Phi) is 13.8. The molecule has 0 amide bonds. The molecule has 0 aliphatic rings. The van der Waals surface area contributed by atoms with Crippen LogP contribution >= 0.6 is 0 Å². The summed E-state index contributed by atoms with van der Waals surface area (Å²) in [5, 5.41) is 0. The molecule has 0 saturated carbocycles. The zero-order valence-electron chi connectivity index (χ0n) is 14.2. The highest BCUT2D eigenvalue weighted by Gasteiger charge is 2.31. The van der Waals surface area contributed by atoms with Gasteiger partial charge in [0.05, 0.1) is 0 Å². The van der Waals surface area contributed by atoms with Crippen LogP contribution in [0.4, 0.5) is 0 Å². The molecule has 0 aromatic rings. The van der Waals surface area contributed by atoms with Crippen molar-refractivity contribution in [3.63, 3.8) is 0 Å². The second-order valence-electron chi connectivity index (χ2n) is 5.21. The third-order valence-electron chi connectivity index (χ3n) is 3.43. The summed E-state index contributed by atoms with van der Waals surface area (Å²) in [7, 11) is 0. The molecule has 20 heavy (non-hydrogen) atoms. The Hall–Kier alpha value is -0.120. The largest absolute Gasteiger partial charge is 0.328 e. The van der Waals surface area contributed by atoms with Gasteiger partial charge in [0.1, 0.15) is 0 Å². The number of hydrogen-bond donors (Lipinski definition) is 0. The molecular weight excluding hydrogens is 252 g/mol. The van der Waals surface area contributed by atoms with Crippen LogP contribution in [0.25, 0.3) is 0 Å². The van der Waals surface area contributed by atoms with Crippen LogP contribution in [0.3, 0.4) is 0 Å². The fourth-order valence-electron chi connectivity index (χ4n) is 2.48. The van der Waals surface area contributed by atoms with Gasteiger partial charge in [-0.3, -0.25) is 0 Å². The lowest BCUT2D eigenvalue weighted by atomic mass is 10.1. The first-order chi connectivity index (χ1) is 9.74. The molecule has 122 valence electrons. The predicted octanol–water partition coefficient (Wildman–Crippen LogP) is 5.28. The van der Waals surface area contributed by atoms with E-state index in [0.717, 1.165) is 12.8 Å². The van der Waals surface area contributed by atoms with E-state index in [1.807, 2.05) is 20.8 Å². The Labute approximate surface area is 126 Å². The highest BCUT2D eigenvalue weighted by atomic mass is 16.9. The Morgan fingerprint density at radius 2 is 0.950 bits per heavy atom. The van der Waals surface area contributed by atoms with Crippen LogP contribution < -0.4 is 0 Å². The topological polar surface area (TPSA) is 27.7 Å². The summed E-state index contributed by atoms with van der Waals surface area (Å²) in [5.41, 5.74) is 0. The van der Waals surface area contributed by atoms with Crippen molar-refractivity contribution in [2.24, 2.45) is 0 Å². The maximum Gasteiger partial charge on any atom is 0.282 e. The lowest BCUT2D eigenvalue weighted by Gasteiger charge is -2.32. The zero-order valence-corrected chi connectivity index (χ0v) is 14.2. The number of rotatable bonds is 15. The summed E-state index contributed by atoms with van der Waals surface area (Å²) in [6.45, 7) is 10.1. The van der Waals surface area contributed by atoms with E-state index >= 15 is 0 Å². The van der Waals surface area contributed by atoms with Crippen LogP contribution in [0.2, 0.25) is 0 Å². The monoisotopic (exact) mass is 288 g/mol. The van der Waals surface area contributed by atoms with Crippen LogP contribution in [-0.4, -0.2) is 25.8 Å². The maximum absolute atomic E-state index is 5.73. The minimum absolute atomic E-state index is 0.622. The molecule has 0 fully saturated rings. The SMILES string of the molecule is CCCCCCCCCCC(OCC)(OCC)OCC. The van der Waals surface area contributed by atoms with E-state index in [1.165, 1.54) is 44.9 Å². The molecule has 0 aromatic carbocycles. The van der Waals surface area contributed by atoms with Crippen molar-refractivity contribution < 1.29 is 14.2 Å². The lowest BCUT2D eigenvalue weighted by molar-refractivity contribution is -0.380. The van der Waals surface area contributed by atoms with E-state index in [9.17, 15) is 0 Å². The molecule has 0 aromatic heterocycles. The first kappa shape index (κ1) is 19.9. The molecule has 0 heterocycles. The second-order valence-corrected chi connectivity index (χ2v) is 5.21. The molecule has 0 N–H and O–H groups in total. The van der Waals surface area contributed by atoms with E-state index < -0.39 is 5.97 Å². The molecule has 0 saturated heterocycles. The Bertz CT molecular complexity index is 178. The molecule has 3 nitrogen and oxygen atoms in total. The lowest BCUT2D eigenvalue weighted by Crippen LogP contribution is -2.39. The van der Waals surface area contributed by atoms with Gasteiger partial charge in [-0.25, -0.2) is 0 Å². The molecule has 0 unspecified atom stereocenters. The first-order valence-corrected chi connectivity index (χ1v) is 8.66. The molecule has 0 rings (SSSR count). The highest BCUT2D eigenvalue weighted by Crippen LogP contribution is 2.24. The summed E-state index contributed by atoms with van der Waals surface area (Å²) in [4.78, 5) is 0. The number of hydrogen-bond acceptors (Lipinski definition) is 3. The Balaban J connectivity index is 3.82.